The molecule has 0 saturated heterocycles. The Morgan fingerprint density at radius 2 is 2.15 bits per heavy atom. The zero-order valence-corrected chi connectivity index (χ0v) is 13.5. The fourth-order valence-electron chi connectivity index (χ4n) is 1.77. The summed E-state index contributed by atoms with van der Waals surface area (Å²) >= 11 is 5.80. The SMILES string of the molecule is C=CCCN(C)CCCS(=O)(=O)c1cnc(Cl)c(C)c1. The van der Waals surface area contributed by atoms with Crippen LogP contribution in [0.25, 0.3) is 0 Å². The van der Waals surface area contributed by atoms with Crippen LogP contribution >= 0.6 is 11.6 Å². The van der Waals surface area contributed by atoms with Crippen molar-refractivity contribution in [2.45, 2.75) is 24.7 Å². The van der Waals surface area contributed by atoms with Crippen molar-refractivity contribution in [3.63, 3.8) is 0 Å². The highest BCUT2D eigenvalue weighted by Gasteiger charge is 2.16. The molecule has 6 heteroatoms. The van der Waals surface area contributed by atoms with Crippen molar-refractivity contribution < 1.29 is 8.42 Å². The number of aromatic nitrogens is 1. The van der Waals surface area contributed by atoms with Gasteiger partial charge in [0, 0.05) is 12.7 Å². The number of sulfone groups is 1. The summed E-state index contributed by atoms with van der Waals surface area (Å²) in [6.45, 7) is 7.05. The van der Waals surface area contributed by atoms with Gasteiger partial charge in [0.2, 0.25) is 0 Å². The predicted octanol–water partition coefficient (Wildman–Crippen LogP) is 2.72. The van der Waals surface area contributed by atoms with Crippen LogP contribution in [0, 0.1) is 6.92 Å². The van der Waals surface area contributed by atoms with E-state index >= 15 is 0 Å². The summed E-state index contributed by atoms with van der Waals surface area (Å²) in [5.41, 5.74) is 0.677. The molecular weight excluding hydrogens is 296 g/mol. The maximum atomic E-state index is 12.2. The summed E-state index contributed by atoms with van der Waals surface area (Å²) < 4.78 is 24.3. The molecule has 0 aliphatic heterocycles. The predicted molar refractivity (Wildman–Crippen MR) is 83.0 cm³/mol. The van der Waals surface area contributed by atoms with E-state index in [9.17, 15) is 8.42 Å². The first-order chi connectivity index (χ1) is 9.36. The Bertz CT molecular complexity index is 558. The molecule has 0 aliphatic rings. The van der Waals surface area contributed by atoms with E-state index in [1.165, 1.54) is 6.20 Å². The second-order valence-electron chi connectivity index (χ2n) is 4.83. The molecule has 1 rings (SSSR count). The van der Waals surface area contributed by atoms with Gasteiger partial charge in [0.05, 0.1) is 10.6 Å². The van der Waals surface area contributed by atoms with E-state index < -0.39 is 9.84 Å². The Labute approximate surface area is 126 Å². The van der Waals surface area contributed by atoms with Crippen LogP contribution in [0.3, 0.4) is 0 Å². The standard InChI is InChI=1S/C14H21ClN2O2S/c1-4-5-7-17(3)8-6-9-20(18,19)13-10-12(2)14(15)16-11-13/h4,10-11H,1,5-9H2,2-3H3. The lowest BCUT2D eigenvalue weighted by molar-refractivity contribution is 0.342. The molecule has 1 aromatic rings. The number of hydrogen-bond donors (Lipinski definition) is 0. The van der Waals surface area contributed by atoms with Crippen molar-refractivity contribution >= 4 is 21.4 Å². The maximum Gasteiger partial charge on any atom is 0.179 e. The highest BCUT2D eigenvalue weighted by molar-refractivity contribution is 7.91. The summed E-state index contributed by atoms with van der Waals surface area (Å²) in [5.74, 6) is 0.119. The normalized spacial score (nSPS) is 11.8. The van der Waals surface area contributed by atoms with E-state index in [2.05, 4.69) is 16.5 Å². The molecule has 0 aromatic carbocycles. The number of halogens is 1. The Kier molecular flexibility index (Phi) is 6.65. The van der Waals surface area contributed by atoms with Gasteiger partial charge in [-0.15, -0.1) is 6.58 Å². The number of nitrogens with zero attached hydrogens (tertiary/aromatic N) is 2. The van der Waals surface area contributed by atoms with Crippen LogP contribution in [0.4, 0.5) is 0 Å². The fraction of sp³-hybridized carbons (Fsp3) is 0.500. The lowest BCUT2D eigenvalue weighted by atomic mass is 10.3. The van der Waals surface area contributed by atoms with Crippen LogP contribution in [0.5, 0.6) is 0 Å². The fourth-order valence-corrected chi connectivity index (χ4v) is 3.19. The molecule has 0 unspecified atom stereocenters. The molecule has 0 aliphatic carbocycles. The van der Waals surface area contributed by atoms with Gasteiger partial charge in [-0.25, -0.2) is 13.4 Å². The van der Waals surface area contributed by atoms with Crippen LogP contribution in [-0.2, 0) is 9.84 Å². The minimum Gasteiger partial charge on any atom is -0.306 e. The Hall–Kier alpha value is -0.910. The molecule has 0 atom stereocenters. The zero-order valence-electron chi connectivity index (χ0n) is 12.0. The number of pyridine rings is 1. The third-order valence-corrected chi connectivity index (χ3v) is 5.18. The molecule has 0 spiro atoms. The van der Waals surface area contributed by atoms with Gasteiger partial charge in [-0.05, 0) is 45.0 Å². The molecule has 1 aromatic heterocycles. The first-order valence-electron chi connectivity index (χ1n) is 6.51. The van der Waals surface area contributed by atoms with Gasteiger partial charge in [0.1, 0.15) is 5.15 Å². The van der Waals surface area contributed by atoms with Crippen molar-refractivity contribution in [1.29, 1.82) is 0 Å². The van der Waals surface area contributed by atoms with Gasteiger partial charge >= 0.3 is 0 Å². The second kappa shape index (κ2) is 7.76. The summed E-state index contributed by atoms with van der Waals surface area (Å²) in [5, 5.41) is 0.341. The van der Waals surface area contributed by atoms with Crippen molar-refractivity contribution in [3.05, 3.63) is 35.6 Å². The zero-order chi connectivity index (χ0) is 15.2. The summed E-state index contributed by atoms with van der Waals surface area (Å²) in [4.78, 5) is 6.24. The first kappa shape index (κ1) is 17.1. The average Bonchev–Trinajstić information content (AvgIpc) is 2.39. The van der Waals surface area contributed by atoms with Crippen LogP contribution < -0.4 is 0 Å². The third kappa shape index (κ3) is 5.23. The van der Waals surface area contributed by atoms with Gasteiger partial charge in [-0.3, -0.25) is 0 Å². The minimum atomic E-state index is -3.28. The van der Waals surface area contributed by atoms with Gasteiger partial charge in [-0.2, -0.15) is 0 Å². The van der Waals surface area contributed by atoms with Crippen LogP contribution in [0.15, 0.2) is 29.8 Å². The maximum absolute atomic E-state index is 12.2. The molecular formula is C14H21ClN2O2S. The second-order valence-corrected chi connectivity index (χ2v) is 7.30. The lowest BCUT2D eigenvalue weighted by Gasteiger charge is -2.15. The molecule has 1 heterocycles. The van der Waals surface area contributed by atoms with E-state index in [4.69, 9.17) is 11.6 Å². The van der Waals surface area contributed by atoms with E-state index in [1.54, 1.807) is 13.0 Å². The van der Waals surface area contributed by atoms with Crippen LogP contribution in [0.2, 0.25) is 5.15 Å². The number of aryl methyl sites for hydroxylation is 1. The quantitative estimate of drug-likeness (QED) is 0.546. The summed E-state index contributed by atoms with van der Waals surface area (Å²) in [6, 6.07) is 1.58. The molecule has 0 saturated carbocycles. The molecule has 112 valence electrons. The molecule has 0 radical (unpaired) electrons. The third-order valence-electron chi connectivity index (χ3n) is 3.02. The van der Waals surface area contributed by atoms with Crippen molar-refractivity contribution in [1.82, 2.24) is 9.88 Å². The van der Waals surface area contributed by atoms with Gasteiger partial charge in [0.25, 0.3) is 0 Å². The van der Waals surface area contributed by atoms with E-state index in [-0.39, 0.29) is 10.6 Å². The Morgan fingerprint density at radius 3 is 2.75 bits per heavy atom. The van der Waals surface area contributed by atoms with E-state index in [0.717, 1.165) is 19.5 Å². The molecule has 0 N–H and O–H groups in total. The van der Waals surface area contributed by atoms with Crippen LogP contribution in [0.1, 0.15) is 18.4 Å². The minimum absolute atomic E-state index is 0.119. The van der Waals surface area contributed by atoms with Gasteiger partial charge in [-0.1, -0.05) is 17.7 Å². The monoisotopic (exact) mass is 316 g/mol. The largest absolute Gasteiger partial charge is 0.306 e. The Balaban J connectivity index is 2.57. The highest BCUT2D eigenvalue weighted by Crippen LogP contribution is 2.18. The lowest BCUT2D eigenvalue weighted by Crippen LogP contribution is -2.22. The van der Waals surface area contributed by atoms with E-state index in [1.807, 2.05) is 13.1 Å². The molecule has 0 fully saturated rings. The van der Waals surface area contributed by atoms with Crippen LogP contribution in [-0.4, -0.2) is 44.2 Å². The molecule has 0 amide bonds. The van der Waals surface area contributed by atoms with Crippen molar-refractivity contribution in [2.75, 3.05) is 25.9 Å². The average molecular weight is 317 g/mol. The molecule has 20 heavy (non-hydrogen) atoms. The van der Waals surface area contributed by atoms with Crippen molar-refractivity contribution in [3.8, 4) is 0 Å². The van der Waals surface area contributed by atoms with E-state index in [0.29, 0.717) is 17.1 Å². The summed E-state index contributed by atoms with van der Waals surface area (Å²) in [6.07, 6.45) is 4.68. The van der Waals surface area contributed by atoms with Gasteiger partial charge in [0.15, 0.2) is 9.84 Å². The topological polar surface area (TPSA) is 50.3 Å². The molecule has 4 nitrogen and oxygen atoms in total. The first-order valence-corrected chi connectivity index (χ1v) is 8.54. The highest BCUT2D eigenvalue weighted by atomic mass is 35.5. The van der Waals surface area contributed by atoms with Crippen molar-refractivity contribution in [2.24, 2.45) is 0 Å². The van der Waals surface area contributed by atoms with Gasteiger partial charge < -0.3 is 4.90 Å². The number of hydrogen-bond acceptors (Lipinski definition) is 4. The smallest absolute Gasteiger partial charge is 0.179 e. The Morgan fingerprint density at radius 1 is 1.45 bits per heavy atom. The molecule has 0 bridgehead atoms. The number of rotatable bonds is 8. The summed E-state index contributed by atoms with van der Waals surface area (Å²) in [7, 11) is -1.31.